The number of anilines is 1. The van der Waals surface area contributed by atoms with Gasteiger partial charge in [0.1, 0.15) is 0 Å². The maximum absolute atomic E-state index is 13.0. The summed E-state index contributed by atoms with van der Waals surface area (Å²) in [7, 11) is 5.51. The molecule has 3 N–H and O–H groups in total. The van der Waals surface area contributed by atoms with E-state index in [0.29, 0.717) is 42.1 Å². The molecule has 2 heterocycles. The monoisotopic (exact) mass is 497 g/mol. The first-order valence-corrected chi connectivity index (χ1v) is 11.0. The van der Waals surface area contributed by atoms with Crippen LogP contribution in [0.5, 0.6) is 0 Å². The summed E-state index contributed by atoms with van der Waals surface area (Å²) in [5.41, 5.74) is 9.84. The van der Waals surface area contributed by atoms with E-state index < -0.39 is 4.92 Å². The number of fused-ring (bicyclic) bond motifs is 2. The average Bonchev–Trinajstić information content (AvgIpc) is 3.20. The van der Waals surface area contributed by atoms with Crippen LogP contribution in [0.2, 0.25) is 0 Å². The third-order valence-corrected chi connectivity index (χ3v) is 6.14. The zero-order valence-electron chi connectivity index (χ0n) is 20.1. The van der Waals surface area contributed by atoms with Gasteiger partial charge in [-0.3, -0.25) is 13.8 Å². The predicted octanol–water partition coefficient (Wildman–Crippen LogP) is 0.311. The second-order valence-corrected chi connectivity index (χ2v) is 8.98. The first-order chi connectivity index (χ1) is 16.1. The lowest BCUT2D eigenvalue weighted by Gasteiger charge is -2.27. The van der Waals surface area contributed by atoms with Crippen molar-refractivity contribution in [1.82, 2.24) is 24.3 Å². The minimum atomic E-state index is -0.470. The first kappa shape index (κ1) is 25.9. The van der Waals surface area contributed by atoms with E-state index in [1.54, 1.807) is 23.7 Å². The predicted molar refractivity (Wildman–Crippen MR) is 134 cm³/mol. The SMILES string of the molecule is Cc1cccc2c(N)c3cccc(C(=O)NCCC[N+](C)(C)c4c([N+](=O)[O-])ncn4C)c3nc12.[Cl-]. The van der Waals surface area contributed by atoms with Crippen LogP contribution >= 0.6 is 0 Å². The number of aromatic nitrogens is 3. The number of amides is 1. The van der Waals surface area contributed by atoms with Crippen molar-refractivity contribution in [3.8, 4) is 0 Å². The Bertz CT molecular complexity index is 1430. The van der Waals surface area contributed by atoms with Gasteiger partial charge in [0.25, 0.3) is 5.91 Å². The number of nitrogens with one attached hydrogen (secondary N) is 1. The number of para-hydroxylation sites is 2. The summed E-state index contributed by atoms with van der Waals surface area (Å²) in [4.78, 5) is 32.6. The summed E-state index contributed by atoms with van der Waals surface area (Å²) in [5, 5.41) is 15.9. The third-order valence-electron chi connectivity index (χ3n) is 6.14. The lowest BCUT2D eigenvalue weighted by atomic mass is 10.0. The number of nitrogens with zero attached hydrogens (tertiary/aromatic N) is 5. The van der Waals surface area contributed by atoms with Crippen molar-refractivity contribution in [2.45, 2.75) is 13.3 Å². The molecular weight excluding hydrogens is 470 g/mol. The number of halogens is 1. The third kappa shape index (κ3) is 4.75. The second-order valence-electron chi connectivity index (χ2n) is 8.98. The maximum Gasteiger partial charge on any atom is 0.446 e. The molecule has 4 aromatic rings. The molecule has 2 aromatic carbocycles. The molecule has 0 saturated heterocycles. The molecule has 11 heteroatoms. The van der Waals surface area contributed by atoms with E-state index in [2.05, 4.69) is 10.3 Å². The highest BCUT2D eigenvalue weighted by Crippen LogP contribution is 2.31. The maximum atomic E-state index is 13.0. The summed E-state index contributed by atoms with van der Waals surface area (Å²) < 4.78 is 1.93. The molecule has 0 radical (unpaired) electrons. The van der Waals surface area contributed by atoms with Gasteiger partial charge in [0, 0.05) is 30.8 Å². The number of hydrogen-bond acceptors (Lipinski definition) is 6. The van der Waals surface area contributed by atoms with Crippen molar-refractivity contribution in [3.05, 3.63) is 64.0 Å². The number of pyridine rings is 1. The Kier molecular flexibility index (Phi) is 7.27. The Labute approximate surface area is 208 Å². The van der Waals surface area contributed by atoms with Gasteiger partial charge >= 0.3 is 11.6 Å². The van der Waals surface area contributed by atoms with Crippen molar-refractivity contribution in [2.75, 3.05) is 32.9 Å². The van der Waals surface area contributed by atoms with Crippen molar-refractivity contribution in [1.29, 1.82) is 0 Å². The number of imidazole rings is 1. The molecule has 10 nitrogen and oxygen atoms in total. The summed E-state index contributed by atoms with van der Waals surface area (Å²) in [6.45, 7) is 2.95. The fourth-order valence-corrected chi connectivity index (χ4v) is 4.46. The molecule has 1 amide bonds. The highest BCUT2D eigenvalue weighted by atomic mass is 35.5. The number of carbonyl (C=O) groups excluding carboxylic acids is 1. The summed E-state index contributed by atoms with van der Waals surface area (Å²) >= 11 is 0. The number of nitro groups is 1. The largest absolute Gasteiger partial charge is 1.00 e. The molecule has 0 fully saturated rings. The molecule has 2 aromatic heterocycles. The van der Waals surface area contributed by atoms with Crippen molar-refractivity contribution in [2.24, 2.45) is 7.05 Å². The second kappa shape index (κ2) is 9.85. The van der Waals surface area contributed by atoms with E-state index in [4.69, 9.17) is 10.7 Å². The smallest absolute Gasteiger partial charge is 0.446 e. The lowest BCUT2D eigenvalue weighted by molar-refractivity contribution is -0.389. The number of benzene rings is 2. The first-order valence-electron chi connectivity index (χ1n) is 11.0. The van der Waals surface area contributed by atoms with Crippen molar-refractivity contribution >= 4 is 45.0 Å². The van der Waals surface area contributed by atoms with Crippen LogP contribution in [0.1, 0.15) is 22.3 Å². The highest BCUT2D eigenvalue weighted by molar-refractivity contribution is 6.13. The van der Waals surface area contributed by atoms with E-state index >= 15 is 0 Å². The standard InChI is InChI=1S/C24H27N7O3.ClH/c1-15-8-5-9-16-19(25)17-10-6-11-18(21(17)28-20(15)16)23(32)26-12-7-13-31(3,4)24-22(30(33)34)27-14-29(24)2;/h5-6,8-11,14H,7,12-13H2,1-4H3,(H2-,25,26,28,32);1H. The molecule has 0 unspecified atom stereocenters. The van der Waals surface area contributed by atoms with Gasteiger partial charge in [-0.15, -0.1) is 0 Å². The van der Waals surface area contributed by atoms with Crippen LogP contribution in [-0.4, -0.2) is 52.6 Å². The van der Waals surface area contributed by atoms with Gasteiger partial charge in [-0.1, -0.05) is 30.3 Å². The van der Waals surface area contributed by atoms with E-state index in [9.17, 15) is 14.9 Å². The molecular formula is C24H28ClN7O3. The number of hydrogen-bond donors (Lipinski definition) is 2. The van der Waals surface area contributed by atoms with E-state index in [1.165, 1.54) is 6.33 Å². The van der Waals surface area contributed by atoms with Crippen LogP contribution in [-0.2, 0) is 7.05 Å². The van der Waals surface area contributed by atoms with Crippen LogP contribution in [0.15, 0.2) is 42.7 Å². The van der Waals surface area contributed by atoms with Gasteiger partial charge in [0.15, 0.2) is 0 Å². The van der Waals surface area contributed by atoms with Crippen molar-refractivity contribution < 1.29 is 22.1 Å². The van der Waals surface area contributed by atoms with Crippen LogP contribution in [0.25, 0.3) is 21.8 Å². The highest BCUT2D eigenvalue weighted by Gasteiger charge is 2.34. The summed E-state index contributed by atoms with van der Waals surface area (Å²) in [6, 6.07) is 11.3. The Balaban J connectivity index is 0.00000342. The number of rotatable bonds is 7. The summed E-state index contributed by atoms with van der Waals surface area (Å²) in [5.74, 6) is 0.119. The van der Waals surface area contributed by atoms with Gasteiger partial charge in [-0.05, 0) is 28.5 Å². The normalized spacial score (nSPS) is 11.4. The topological polar surface area (TPSA) is 129 Å². The fraction of sp³-hybridized carbons (Fsp3) is 0.292. The molecule has 0 aliphatic carbocycles. The van der Waals surface area contributed by atoms with E-state index in [-0.39, 0.29) is 28.6 Å². The average molecular weight is 498 g/mol. The summed E-state index contributed by atoms with van der Waals surface area (Å²) in [6.07, 6.45) is 2.06. The number of aryl methyl sites for hydroxylation is 2. The molecule has 0 spiro atoms. The molecule has 4 rings (SSSR count). The quantitative estimate of drug-likeness (QED) is 0.124. The van der Waals surface area contributed by atoms with Crippen LogP contribution in [0.3, 0.4) is 0 Å². The zero-order chi connectivity index (χ0) is 24.6. The zero-order valence-corrected chi connectivity index (χ0v) is 20.8. The van der Waals surface area contributed by atoms with Gasteiger partial charge in [-0.25, -0.2) is 4.98 Å². The molecule has 0 aliphatic rings. The van der Waals surface area contributed by atoms with Crippen molar-refractivity contribution in [3.63, 3.8) is 0 Å². The minimum absolute atomic E-state index is 0. The van der Waals surface area contributed by atoms with E-state index in [0.717, 1.165) is 21.9 Å². The van der Waals surface area contributed by atoms with Crippen LogP contribution in [0, 0.1) is 17.0 Å². The lowest BCUT2D eigenvalue weighted by Crippen LogP contribution is -3.00. The minimum Gasteiger partial charge on any atom is -1.00 e. The van der Waals surface area contributed by atoms with Crippen LogP contribution in [0.4, 0.5) is 17.3 Å². The molecule has 0 bridgehead atoms. The molecule has 0 atom stereocenters. The Morgan fingerprint density at radius 3 is 2.51 bits per heavy atom. The number of nitrogens with two attached hydrogens (primary N) is 1. The van der Waals surface area contributed by atoms with Gasteiger partial charge in [0.2, 0.25) is 6.33 Å². The molecule has 184 valence electrons. The van der Waals surface area contributed by atoms with Gasteiger partial charge in [-0.2, -0.15) is 0 Å². The van der Waals surface area contributed by atoms with Gasteiger partial charge < -0.3 is 33.6 Å². The molecule has 35 heavy (non-hydrogen) atoms. The number of carbonyl (C=O) groups is 1. The number of nitrogen functional groups attached to an aromatic ring is 1. The van der Waals surface area contributed by atoms with Crippen LogP contribution < -0.4 is 27.9 Å². The Hall–Kier alpha value is -3.76. The molecule has 0 aliphatic heterocycles. The molecule has 0 saturated carbocycles. The Morgan fingerprint density at radius 1 is 1.17 bits per heavy atom. The van der Waals surface area contributed by atoms with E-state index in [1.807, 2.05) is 45.3 Å². The number of quaternary nitrogens is 1. The van der Waals surface area contributed by atoms with Gasteiger partial charge in [0.05, 0.1) is 42.9 Å². The Morgan fingerprint density at radius 2 is 1.83 bits per heavy atom. The fourth-order valence-electron chi connectivity index (χ4n) is 4.46.